The number of carbonyl (C=O) groups excluding carboxylic acids is 1. The molecule has 0 radical (unpaired) electrons. The quantitative estimate of drug-likeness (QED) is 0.395. The van der Waals surface area contributed by atoms with Gasteiger partial charge in [0.05, 0.1) is 0 Å². The molecule has 0 bridgehead atoms. The zero-order valence-corrected chi connectivity index (χ0v) is 10.0. The van der Waals surface area contributed by atoms with Gasteiger partial charge in [-0.2, -0.15) is 0 Å². The van der Waals surface area contributed by atoms with Gasteiger partial charge < -0.3 is 20.3 Å². The van der Waals surface area contributed by atoms with E-state index in [-0.39, 0.29) is 5.97 Å². The molecule has 0 fully saturated rings. The van der Waals surface area contributed by atoms with Crippen LogP contribution >= 0.6 is 0 Å². The van der Waals surface area contributed by atoms with Crippen molar-refractivity contribution in [1.29, 1.82) is 0 Å². The zero-order chi connectivity index (χ0) is 11.5. The number of likely N-dealkylation sites (N-methyl/N-ethyl adjacent to an activating group) is 1. The molecule has 0 rings (SSSR count). The highest BCUT2D eigenvalue weighted by Crippen LogP contribution is 1.73. The molecule has 2 N–H and O–H groups in total. The predicted octanol–water partition coefficient (Wildman–Crippen LogP) is -0.710. The second-order valence-corrected chi connectivity index (χ2v) is 3.64. The summed E-state index contributed by atoms with van der Waals surface area (Å²) in [5, 5.41) is 6.48. The zero-order valence-electron chi connectivity index (χ0n) is 10.0. The maximum absolute atomic E-state index is 10.4. The average Bonchev–Trinajstić information content (AvgIpc) is 2.14. The Hall–Kier alpha value is -0.650. The van der Waals surface area contributed by atoms with E-state index in [1.165, 1.54) is 6.92 Å². The highest BCUT2D eigenvalue weighted by Gasteiger charge is 1.92. The van der Waals surface area contributed by atoms with Crippen LogP contribution in [0.2, 0.25) is 0 Å². The number of hydrogen-bond acceptors (Lipinski definition) is 5. The molecule has 0 heterocycles. The first-order valence-corrected chi connectivity index (χ1v) is 5.32. The molecule has 0 atom stereocenters. The summed E-state index contributed by atoms with van der Waals surface area (Å²) in [6.07, 6.45) is 0. The molecule has 0 aromatic heterocycles. The first-order valence-electron chi connectivity index (χ1n) is 5.32. The van der Waals surface area contributed by atoms with Crippen LogP contribution in [-0.4, -0.2) is 64.3 Å². The van der Waals surface area contributed by atoms with Gasteiger partial charge in [0.2, 0.25) is 0 Å². The van der Waals surface area contributed by atoms with E-state index in [2.05, 4.69) is 29.6 Å². The Kier molecular flexibility index (Phi) is 9.46. The smallest absolute Gasteiger partial charge is 0.302 e. The van der Waals surface area contributed by atoms with Gasteiger partial charge in [-0.25, -0.2) is 0 Å². The molecule has 0 saturated heterocycles. The number of hydrogen-bond donors (Lipinski definition) is 2. The molecule has 5 heteroatoms. The van der Waals surface area contributed by atoms with Gasteiger partial charge in [0.25, 0.3) is 0 Å². The summed E-state index contributed by atoms with van der Waals surface area (Å²) in [6, 6.07) is 0. The van der Waals surface area contributed by atoms with Gasteiger partial charge in [0.1, 0.15) is 6.61 Å². The monoisotopic (exact) mass is 217 g/mol. The Morgan fingerprint density at radius 2 is 1.73 bits per heavy atom. The fourth-order valence-electron chi connectivity index (χ4n) is 0.996. The molecule has 15 heavy (non-hydrogen) atoms. The van der Waals surface area contributed by atoms with Crippen LogP contribution in [-0.2, 0) is 9.53 Å². The van der Waals surface area contributed by atoms with Crippen LogP contribution in [0.5, 0.6) is 0 Å². The molecule has 90 valence electrons. The Morgan fingerprint density at radius 3 is 2.27 bits per heavy atom. The van der Waals surface area contributed by atoms with Gasteiger partial charge >= 0.3 is 5.97 Å². The van der Waals surface area contributed by atoms with Gasteiger partial charge in [0.15, 0.2) is 0 Å². The second kappa shape index (κ2) is 9.89. The van der Waals surface area contributed by atoms with Gasteiger partial charge in [-0.15, -0.1) is 0 Å². The molecule has 5 nitrogen and oxygen atoms in total. The standard InChI is InChI=1S/C10H23N3O2/c1-10(14)15-9-7-12-5-4-11-6-8-13(2)3/h11-12H,4-9H2,1-3H3. The lowest BCUT2D eigenvalue weighted by Gasteiger charge is -2.10. The summed E-state index contributed by atoms with van der Waals surface area (Å²) >= 11 is 0. The molecule has 0 amide bonds. The lowest BCUT2D eigenvalue weighted by molar-refractivity contribution is -0.140. The number of nitrogens with one attached hydrogen (secondary N) is 2. The van der Waals surface area contributed by atoms with Gasteiger partial charge in [-0.05, 0) is 14.1 Å². The lowest BCUT2D eigenvalue weighted by Crippen LogP contribution is -2.33. The minimum Gasteiger partial charge on any atom is -0.465 e. The molecule has 0 spiro atoms. The minimum absolute atomic E-state index is 0.221. The van der Waals surface area contributed by atoms with Gasteiger partial charge in [0, 0.05) is 39.6 Å². The summed E-state index contributed by atoms with van der Waals surface area (Å²) in [6.45, 7) is 6.47. The number of esters is 1. The fraction of sp³-hybridized carbons (Fsp3) is 0.900. The Balaban J connectivity index is 2.96. The highest BCUT2D eigenvalue weighted by molar-refractivity contribution is 5.65. The molecule has 0 aromatic carbocycles. The Morgan fingerprint density at radius 1 is 1.13 bits per heavy atom. The minimum atomic E-state index is -0.221. The van der Waals surface area contributed by atoms with Crippen LogP contribution < -0.4 is 10.6 Å². The average molecular weight is 217 g/mol. The van der Waals surface area contributed by atoms with E-state index < -0.39 is 0 Å². The van der Waals surface area contributed by atoms with E-state index in [0.29, 0.717) is 6.61 Å². The lowest BCUT2D eigenvalue weighted by atomic mass is 10.5. The summed E-state index contributed by atoms with van der Waals surface area (Å²) in [4.78, 5) is 12.6. The summed E-state index contributed by atoms with van der Waals surface area (Å²) in [7, 11) is 4.11. The van der Waals surface area contributed by atoms with Crippen LogP contribution in [0.15, 0.2) is 0 Å². The first kappa shape index (κ1) is 14.3. The van der Waals surface area contributed by atoms with E-state index >= 15 is 0 Å². The van der Waals surface area contributed by atoms with E-state index in [0.717, 1.165) is 32.7 Å². The Bertz CT molecular complexity index is 163. The normalized spacial score (nSPS) is 10.7. The SMILES string of the molecule is CC(=O)OCCNCCNCCN(C)C. The van der Waals surface area contributed by atoms with E-state index in [4.69, 9.17) is 4.74 Å². The van der Waals surface area contributed by atoms with Crippen LogP contribution in [0.3, 0.4) is 0 Å². The van der Waals surface area contributed by atoms with E-state index in [9.17, 15) is 4.79 Å². The van der Waals surface area contributed by atoms with Crippen molar-refractivity contribution < 1.29 is 9.53 Å². The fourth-order valence-corrected chi connectivity index (χ4v) is 0.996. The van der Waals surface area contributed by atoms with E-state index in [1.807, 2.05) is 0 Å². The van der Waals surface area contributed by atoms with Crippen molar-refractivity contribution in [2.75, 3.05) is 53.4 Å². The second-order valence-electron chi connectivity index (χ2n) is 3.64. The van der Waals surface area contributed by atoms with Crippen LogP contribution in [0.25, 0.3) is 0 Å². The Labute approximate surface area is 92.2 Å². The molecular formula is C10H23N3O2. The summed E-state index contributed by atoms with van der Waals surface area (Å²) in [5.74, 6) is -0.221. The number of nitrogens with zero attached hydrogens (tertiary/aromatic N) is 1. The van der Waals surface area contributed by atoms with Crippen molar-refractivity contribution in [1.82, 2.24) is 15.5 Å². The maximum atomic E-state index is 10.4. The molecule has 0 aliphatic heterocycles. The van der Waals surface area contributed by atoms with E-state index in [1.54, 1.807) is 0 Å². The third-order valence-corrected chi connectivity index (χ3v) is 1.80. The summed E-state index contributed by atoms with van der Waals surface area (Å²) < 4.78 is 4.77. The van der Waals surface area contributed by atoms with Crippen molar-refractivity contribution in [3.8, 4) is 0 Å². The third kappa shape index (κ3) is 13.3. The molecule has 0 unspecified atom stereocenters. The number of carbonyl (C=O) groups is 1. The molecule has 0 aliphatic rings. The largest absolute Gasteiger partial charge is 0.465 e. The van der Waals surface area contributed by atoms with Crippen LogP contribution in [0.1, 0.15) is 6.92 Å². The van der Waals surface area contributed by atoms with Crippen molar-refractivity contribution in [3.63, 3.8) is 0 Å². The topological polar surface area (TPSA) is 53.6 Å². The molecule has 0 saturated carbocycles. The van der Waals surface area contributed by atoms with Crippen molar-refractivity contribution in [2.24, 2.45) is 0 Å². The molecular weight excluding hydrogens is 194 g/mol. The van der Waals surface area contributed by atoms with Crippen molar-refractivity contribution >= 4 is 5.97 Å². The predicted molar refractivity (Wildman–Crippen MR) is 60.9 cm³/mol. The molecule has 0 aromatic rings. The summed E-state index contributed by atoms with van der Waals surface area (Å²) in [5.41, 5.74) is 0. The molecule has 0 aliphatic carbocycles. The van der Waals surface area contributed by atoms with Gasteiger partial charge in [-0.3, -0.25) is 4.79 Å². The maximum Gasteiger partial charge on any atom is 0.302 e. The first-order chi connectivity index (χ1) is 7.13. The van der Waals surface area contributed by atoms with Crippen molar-refractivity contribution in [2.45, 2.75) is 6.92 Å². The third-order valence-electron chi connectivity index (χ3n) is 1.80. The van der Waals surface area contributed by atoms with Crippen molar-refractivity contribution in [3.05, 3.63) is 0 Å². The van der Waals surface area contributed by atoms with Gasteiger partial charge in [-0.1, -0.05) is 0 Å². The highest BCUT2D eigenvalue weighted by atomic mass is 16.5. The number of ether oxygens (including phenoxy) is 1. The number of rotatable bonds is 9. The van der Waals surface area contributed by atoms with Crippen LogP contribution in [0, 0.1) is 0 Å². The van der Waals surface area contributed by atoms with Crippen LogP contribution in [0.4, 0.5) is 0 Å².